The zero-order valence-corrected chi connectivity index (χ0v) is 12.2. The molecule has 0 aliphatic heterocycles. The van der Waals surface area contributed by atoms with Gasteiger partial charge in [-0.3, -0.25) is 0 Å². The van der Waals surface area contributed by atoms with Crippen molar-refractivity contribution in [1.82, 2.24) is 5.32 Å². The SMILES string of the molecule is Cc1cc(Cl)ccc1OCC(O)CNC(C)(C)C. The molecule has 0 saturated carbocycles. The maximum Gasteiger partial charge on any atom is 0.122 e. The lowest BCUT2D eigenvalue weighted by Gasteiger charge is -2.23. The summed E-state index contributed by atoms with van der Waals surface area (Å²) in [4.78, 5) is 0. The lowest BCUT2D eigenvalue weighted by atomic mass is 10.1. The first-order valence-electron chi connectivity index (χ1n) is 6.10. The lowest BCUT2D eigenvalue weighted by Crippen LogP contribution is -2.42. The molecule has 0 amide bonds. The molecule has 4 heteroatoms. The van der Waals surface area contributed by atoms with E-state index in [1.807, 2.05) is 19.1 Å². The van der Waals surface area contributed by atoms with Gasteiger partial charge in [-0.15, -0.1) is 0 Å². The van der Waals surface area contributed by atoms with E-state index in [0.717, 1.165) is 11.3 Å². The molecular formula is C14H22ClNO2. The fraction of sp³-hybridized carbons (Fsp3) is 0.571. The molecule has 18 heavy (non-hydrogen) atoms. The third-order valence-electron chi connectivity index (χ3n) is 2.44. The predicted octanol–water partition coefficient (Wildman–Crippen LogP) is 2.78. The zero-order valence-electron chi connectivity index (χ0n) is 11.5. The first-order chi connectivity index (χ1) is 8.28. The van der Waals surface area contributed by atoms with Gasteiger partial charge in [0.25, 0.3) is 0 Å². The summed E-state index contributed by atoms with van der Waals surface area (Å²) in [5.74, 6) is 0.759. The quantitative estimate of drug-likeness (QED) is 0.865. The summed E-state index contributed by atoms with van der Waals surface area (Å²) < 4.78 is 5.57. The molecule has 1 aromatic carbocycles. The highest BCUT2D eigenvalue weighted by molar-refractivity contribution is 6.30. The van der Waals surface area contributed by atoms with Crippen LogP contribution in [0.1, 0.15) is 26.3 Å². The number of benzene rings is 1. The molecule has 2 N–H and O–H groups in total. The molecule has 0 radical (unpaired) electrons. The fourth-order valence-corrected chi connectivity index (χ4v) is 1.67. The van der Waals surface area contributed by atoms with Gasteiger partial charge in [0.1, 0.15) is 18.5 Å². The Kier molecular flexibility index (Phi) is 5.45. The molecule has 0 aromatic heterocycles. The molecule has 3 nitrogen and oxygen atoms in total. The van der Waals surface area contributed by atoms with Crippen molar-refractivity contribution in [3.63, 3.8) is 0 Å². The number of hydrogen-bond donors (Lipinski definition) is 2. The average molecular weight is 272 g/mol. The second-order valence-corrected chi connectivity index (χ2v) is 5.94. The number of ether oxygens (including phenoxy) is 1. The van der Waals surface area contributed by atoms with Crippen LogP contribution < -0.4 is 10.1 Å². The molecule has 0 saturated heterocycles. The summed E-state index contributed by atoms with van der Waals surface area (Å²) in [6, 6.07) is 5.45. The fourth-order valence-electron chi connectivity index (χ4n) is 1.44. The number of aliphatic hydroxyl groups excluding tert-OH is 1. The first kappa shape index (κ1) is 15.3. The Balaban J connectivity index is 2.40. The number of rotatable bonds is 5. The van der Waals surface area contributed by atoms with E-state index in [4.69, 9.17) is 16.3 Å². The third kappa shape index (κ3) is 5.71. The maximum atomic E-state index is 9.81. The first-order valence-corrected chi connectivity index (χ1v) is 6.48. The van der Waals surface area contributed by atoms with Crippen LogP contribution in [0.3, 0.4) is 0 Å². The third-order valence-corrected chi connectivity index (χ3v) is 2.67. The van der Waals surface area contributed by atoms with E-state index in [0.29, 0.717) is 11.6 Å². The van der Waals surface area contributed by atoms with Gasteiger partial charge in [0.15, 0.2) is 0 Å². The number of aryl methyl sites for hydroxylation is 1. The van der Waals surface area contributed by atoms with Crippen molar-refractivity contribution in [2.45, 2.75) is 39.3 Å². The van der Waals surface area contributed by atoms with Crippen LogP contribution in [0.5, 0.6) is 5.75 Å². The van der Waals surface area contributed by atoms with Crippen LogP contribution in [0.25, 0.3) is 0 Å². The summed E-state index contributed by atoms with van der Waals surface area (Å²) in [6.07, 6.45) is -0.528. The molecule has 0 aliphatic carbocycles. The van der Waals surface area contributed by atoms with E-state index in [2.05, 4.69) is 26.1 Å². The number of hydrogen-bond acceptors (Lipinski definition) is 3. The van der Waals surface area contributed by atoms with Crippen molar-refractivity contribution in [3.8, 4) is 5.75 Å². The van der Waals surface area contributed by atoms with Crippen LogP contribution in [0.4, 0.5) is 0 Å². The summed E-state index contributed by atoms with van der Waals surface area (Å²) in [6.45, 7) is 8.89. The van der Waals surface area contributed by atoms with E-state index >= 15 is 0 Å². The molecule has 1 aromatic rings. The summed E-state index contributed by atoms with van der Waals surface area (Å²) in [5, 5.41) is 13.7. The van der Waals surface area contributed by atoms with Crippen molar-refractivity contribution in [2.75, 3.05) is 13.2 Å². The van der Waals surface area contributed by atoms with Crippen LogP contribution in [-0.4, -0.2) is 29.9 Å². The van der Waals surface area contributed by atoms with Crippen molar-refractivity contribution in [3.05, 3.63) is 28.8 Å². The number of aliphatic hydroxyl groups is 1. The van der Waals surface area contributed by atoms with Crippen LogP contribution in [0.15, 0.2) is 18.2 Å². The van der Waals surface area contributed by atoms with E-state index < -0.39 is 6.10 Å². The minimum Gasteiger partial charge on any atom is -0.491 e. The van der Waals surface area contributed by atoms with Gasteiger partial charge in [-0.25, -0.2) is 0 Å². The second kappa shape index (κ2) is 6.41. The normalized spacial score (nSPS) is 13.4. The van der Waals surface area contributed by atoms with Crippen molar-refractivity contribution in [2.24, 2.45) is 0 Å². The molecule has 0 aliphatic rings. The summed E-state index contributed by atoms with van der Waals surface area (Å²) in [5.41, 5.74) is 0.968. The highest BCUT2D eigenvalue weighted by atomic mass is 35.5. The van der Waals surface area contributed by atoms with Gasteiger partial charge >= 0.3 is 0 Å². The minimum absolute atomic E-state index is 0.00281. The molecule has 0 bridgehead atoms. The van der Waals surface area contributed by atoms with E-state index in [9.17, 15) is 5.11 Å². The Morgan fingerprint density at radius 2 is 2.06 bits per heavy atom. The van der Waals surface area contributed by atoms with E-state index in [1.165, 1.54) is 0 Å². The van der Waals surface area contributed by atoms with Gasteiger partial charge in [0, 0.05) is 17.1 Å². The average Bonchev–Trinajstić information content (AvgIpc) is 2.24. The molecule has 0 spiro atoms. The Morgan fingerprint density at radius 1 is 1.39 bits per heavy atom. The Labute approximate surface area is 114 Å². The number of β-amino-alcohol motifs (C(OH)–C–C–N with tert-alkyl or cyclic N) is 1. The van der Waals surface area contributed by atoms with Crippen molar-refractivity contribution in [1.29, 1.82) is 0 Å². The van der Waals surface area contributed by atoms with Gasteiger partial charge in [0.05, 0.1) is 0 Å². The monoisotopic (exact) mass is 271 g/mol. The van der Waals surface area contributed by atoms with Gasteiger partial charge in [-0.05, 0) is 51.5 Å². The van der Waals surface area contributed by atoms with Crippen molar-refractivity contribution >= 4 is 11.6 Å². The molecule has 0 fully saturated rings. The number of halogens is 1. The largest absolute Gasteiger partial charge is 0.491 e. The topological polar surface area (TPSA) is 41.5 Å². The summed E-state index contributed by atoms with van der Waals surface area (Å²) in [7, 11) is 0. The number of nitrogens with one attached hydrogen (secondary N) is 1. The van der Waals surface area contributed by atoms with E-state index in [-0.39, 0.29) is 12.1 Å². The Bertz CT molecular complexity index is 388. The van der Waals surface area contributed by atoms with Crippen LogP contribution in [0.2, 0.25) is 5.02 Å². The van der Waals surface area contributed by atoms with Gasteiger partial charge < -0.3 is 15.2 Å². The molecular weight excluding hydrogens is 250 g/mol. The second-order valence-electron chi connectivity index (χ2n) is 5.51. The molecule has 1 unspecified atom stereocenters. The Morgan fingerprint density at radius 3 is 2.61 bits per heavy atom. The maximum absolute atomic E-state index is 9.81. The molecule has 0 heterocycles. The highest BCUT2D eigenvalue weighted by Gasteiger charge is 2.12. The molecule has 1 rings (SSSR count). The standard InChI is InChI=1S/C14H22ClNO2/c1-10-7-11(15)5-6-13(10)18-9-12(17)8-16-14(2,3)4/h5-7,12,16-17H,8-9H2,1-4H3. The van der Waals surface area contributed by atoms with Crippen LogP contribution in [-0.2, 0) is 0 Å². The van der Waals surface area contributed by atoms with Gasteiger partial charge in [-0.1, -0.05) is 11.6 Å². The van der Waals surface area contributed by atoms with E-state index in [1.54, 1.807) is 6.07 Å². The van der Waals surface area contributed by atoms with Crippen molar-refractivity contribution < 1.29 is 9.84 Å². The smallest absolute Gasteiger partial charge is 0.122 e. The zero-order chi connectivity index (χ0) is 13.8. The van der Waals surface area contributed by atoms with Gasteiger partial charge in [0.2, 0.25) is 0 Å². The minimum atomic E-state index is -0.528. The lowest BCUT2D eigenvalue weighted by molar-refractivity contribution is 0.0997. The molecule has 1 atom stereocenters. The highest BCUT2D eigenvalue weighted by Crippen LogP contribution is 2.21. The van der Waals surface area contributed by atoms with Crippen LogP contribution >= 0.6 is 11.6 Å². The van der Waals surface area contributed by atoms with Crippen LogP contribution in [0, 0.1) is 6.92 Å². The predicted molar refractivity (Wildman–Crippen MR) is 75.4 cm³/mol. The summed E-state index contributed by atoms with van der Waals surface area (Å²) >= 11 is 5.86. The van der Waals surface area contributed by atoms with Gasteiger partial charge in [-0.2, -0.15) is 0 Å². The molecule has 102 valence electrons. The Hall–Kier alpha value is -0.770.